The summed E-state index contributed by atoms with van der Waals surface area (Å²) in [6.07, 6.45) is 9.52. The first kappa shape index (κ1) is 14.8. The third kappa shape index (κ3) is 4.77. The quantitative estimate of drug-likeness (QED) is 0.764. The zero-order chi connectivity index (χ0) is 13.7. The Labute approximate surface area is 117 Å². The normalized spacial score (nSPS) is 30.8. The molecule has 1 saturated carbocycles. The fourth-order valence-electron chi connectivity index (χ4n) is 3.37. The maximum Gasteiger partial charge on any atom is 0.234 e. The molecular weight excluding hydrogens is 238 g/mol. The Morgan fingerprint density at radius 3 is 2.53 bits per heavy atom. The molecule has 1 amide bonds. The van der Waals surface area contributed by atoms with Crippen molar-refractivity contribution >= 4 is 5.91 Å². The Kier molecular flexibility index (Phi) is 5.64. The number of nitrogens with zero attached hydrogens (tertiary/aromatic N) is 1. The Morgan fingerprint density at radius 1 is 1.21 bits per heavy atom. The van der Waals surface area contributed by atoms with E-state index >= 15 is 0 Å². The predicted octanol–water partition coefficient (Wildman–Crippen LogP) is 1.64. The van der Waals surface area contributed by atoms with Crippen molar-refractivity contribution in [2.24, 2.45) is 5.73 Å². The van der Waals surface area contributed by atoms with Crippen LogP contribution in [-0.4, -0.2) is 42.0 Å². The van der Waals surface area contributed by atoms with Crippen LogP contribution >= 0.6 is 0 Å². The van der Waals surface area contributed by atoms with Crippen molar-refractivity contribution in [3.63, 3.8) is 0 Å². The first-order valence-corrected chi connectivity index (χ1v) is 7.94. The van der Waals surface area contributed by atoms with Gasteiger partial charge in [0.15, 0.2) is 0 Å². The van der Waals surface area contributed by atoms with Gasteiger partial charge in [0.05, 0.1) is 6.54 Å². The molecule has 0 bridgehead atoms. The van der Waals surface area contributed by atoms with Crippen LogP contribution in [0.1, 0.15) is 58.3 Å². The van der Waals surface area contributed by atoms with E-state index in [1.165, 1.54) is 25.7 Å². The molecule has 0 radical (unpaired) electrons. The summed E-state index contributed by atoms with van der Waals surface area (Å²) in [6, 6.07) is 1.16. The van der Waals surface area contributed by atoms with Gasteiger partial charge in [-0.05, 0) is 32.6 Å². The summed E-state index contributed by atoms with van der Waals surface area (Å²) in [5.74, 6) is 0.203. The van der Waals surface area contributed by atoms with E-state index in [-0.39, 0.29) is 5.91 Å². The van der Waals surface area contributed by atoms with Crippen LogP contribution in [0.5, 0.6) is 0 Å². The lowest BCUT2D eigenvalue weighted by molar-refractivity contribution is -0.123. The van der Waals surface area contributed by atoms with E-state index in [1.807, 2.05) is 0 Å². The minimum absolute atomic E-state index is 0.203. The van der Waals surface area contributed by atoms with Crippen LogP contribution in [0, 0.1) is 0 Å². The number of amides is 1. The molecule has 0 aromatic heterocycles. The predicted molar refractivity (Wildman–Crippen MR) is 77.9 cm³/mol. The lowest BCUT2D eigenvalue weighted by Crippen LogP contribution is -2.50. The number of piperidine rings is 1. The van der Waals surface area contributed by atoms with Gasteiger partial charge >= 0.3 is 0 Å². The fourth-order valence-corrected chi connectivity index (χ4v) is 3.37. The molecule has 4 nitrogen and oxygen atoms in total. The van der Waals surface area contributed by atoms with Gasteiger partial charge < -0.3 is 11.1 Å². The Bertz CT molecular complexity index is 287. The minimum Gasteiger partial charge on any atom is -0.352 e. The van der Waals surface area contributed by atoms with E-state index in [9.17, 15) is 4.79 Å². The van der Waals surface area contributed by atoms with Gasteiger partial charge in [-0.15, -0.1) is 0 Å². The number of nitrogens with one attached hydrogen (secondary N) is 1. The maximum atomic E-state index is 12.1. The summed E-state index contributed by atoms with van der Waals surface area (Å²) < 4.78 is 0. The van der Waals surface area contributed by atoms with Crippen LogP contribution in [0.3, 0.4) is 0 Å². The van der Waals surface area contributed by atoms with Gasteiger partial charge in [-0.3, -0.25) is 9.69 Å². The van der Waals surface area contributed by atoms with Gasteiger partial charge in [-0.25, -0.2) is 0 Å². The van der Waals surface area contributed by atoms with Crippen molar-refractivity contribution in [1.29, 1.82) is 0 Å². The van der Waals surface area contributed by atoms with Gasteiger partial charge in [0.2, 0.25) is 5.91 Å². The third-order valence-electron chi connectivity index (χ3n) is 4.62. The van der Waals surface area contributed by atoms with Crippen LogP contribution in [0.15, 0.2) is 0 Å². The zero-order valence-corrected chi connectivity index (χ0v) is 12.2. The van der Waals surface area contributed by atoms with E-state index in [1.54, 1.807) is 0 Å². The van der Waals surface area contributed by atoms with E-state index in [0.717, 1.165) is 32.2 Å². The Balaban J connectivity index is 1.74. The topological polar surface area (TPSA) is 58.4 Å². The van der Waals surface area contributed by atoms with Gasteiger partial charge in [0, 0.05) is 24.7 Å². The smallest absolute Gasteiger partial charge is 0.234 e. The van der Waals surface area contributed by atoms with Gasteiger partial charge in [0.25, 0.3) is 0 Å². The molecule has 1 aliphatic carbocycles. The second-order valence-corrected chi connectivity index (χ2v) is 6.36. The molecule has 1 aliphatic heterocycles. The molecule has 3 N–H and O–H groups in total. The highest BCUT2D eigenvalue weighted by atomic mass is 16.2. The molecule has 0 aromatic rings. The largest absolute Gasteiger partial charge is 0.352 e. The van der Waals surface area contributed by atoms with Crippen LogP contribution in [0.2, 0.25) is 0 Å². The van der Waals surface area contributed by atoms with E-state index in [0.29, 0.717) is 24.7 Å². The highest BCUT2D eigenvalue weighted by molar-refractivity contribution is 5.78. The molecule has 2 aliphatic rings. The number of carbonyl (C=O) groups is 1. The van der Waals surface area contributed by atoms with E-state index < -0.39 is 0 Å². The highest BCUT2D eigenvalue weighted by Crippen LogP contribution is 2.18. The van der Waals surface area contributed by atoms with Gasteiger partial charge in [-0.2, -0.15) is 0 Å². The van der Waals surface area contributed by atoms with Crippen LogP contribution in [0.4, 0.5) is 0 Å². The maximum absolute atomic E-state index is 12.1. The average molecular weight is 267 g/mol. The van der Waals surface area contributed by atoms with Gasteiger partial charge in [-0.1, -0.05) is 25.7 Å². The fraction of sp³-hybridized carbons (Fsp3) is 0.933. The number of rotatable bonds is 3. The molecule has 1 saturated heterocycles. The second-order valence-electron chi connectivity index (χ2n) is 6.36. The summed E-state index contributed by atoms with van der Waals surface area (Å²) in [7, 11) is 0. The van der Waals surface area contributed by atoms with Crippen molar-refractivity contribution in [1.82, 2.24) is 10.2 Å². The van der Waals surface area contributed by atoms with Crippen LogP contribution in [-0.2, 0) is 4.79 Å². The standard InChI is InChI=1S/C15H29N3O/c1-12-10-13(16)8-9-18(12)11-15(19)17-14-6-4-2-3-5-7-14/h12-14H,2-11,16H2,1H3,(H,17,19). The molecule has 2 unspecified atom stereocenters. The molecular formula is C15H29N3O. The van der Waals surface area contributed by atoms with Crippen LogP contribution < -0.4 is 11.1 Å². The number of nitrogens with two attached hydrogens (primary N) is 1. The molecule has 2 fully saturated rings. The summed E-state index contributed by atoms with van der Waals surface area (Å²) in [5, 5.41) is 3.23. The van der Waals surface area contributed by atoms with Gasteiger partial charge in [0.1, 0.15) is 0 Å². The summed E-state index contributed by atoms with van der Waals surface area (Å²) in [5.41, 5.74) is 5.96. The Morgan fingerprint density at radius 2 is 1.89 bits per heavy atom. The number of carbonyl (C=O) groups excluding carboxylic acids is 1. The van der Waals surface area contributed by atoms with E-state index in [2.05, 4.69) is 17.1 Å². The number of hydrogen-bond acceptors (Lipinski definition) is 3. The number of hydrogen-bond donors (Lipinski definition) is 2. The lowest BCUT2D eigenvalue weighted by atomic mass is 9.99. The Hall–Kier alpha value is -0.610. The summed E-state index contributed by atoms with van der Waals surface area (Å²) in [6.45, 7) is 3.68. The SMILES string of the molecule is CC1CC(N)CCN1CC(=O)NC1CCCCCC1. The average Bonchev–Trinajstić information content (AvgIpc) is 2.61. The molecule has 0 aromatic carbocycles. The van der Waals surface area contributed by atoms with Crippen molar-refractivity contribution < 1.29 is 4.79 Å². The number of likely N-dealkylation sites (tertiary alicyclic amines) is 1. The molecule has 0 spiro atoms. The first-order valence-electron chi connectivity index (χ1n) is 7.94. The van der Waals surface area contributed by atoms with Crippen molar-refractivity contribution in [2.45, 2.75) is 76.4 Å². The summed E-state index contributed by atoms with van der Waals surface area (Å²) in [4.78, 5) is 14.4. The minimum atomic E-state index is 0.203. The summed E-state index contributed by atoms with van der Waals surface area (Å²) >= 11 is 0. The molecule has 1 heterocycles. The molecule has 110 valence electrons. The highest BCUT2D eigenvalue weighted by Gasteiger charge is 2.25. The first-order chi connectivity index (χ1) is 9.15. The third-order valence-corrected chi connectivity index (χ3v) is 4.62. The van der Waals surface area contributed by atoms with E-state index in [4.69, 9.17) is 5.73 Å². The molecule has 4 heteroatoms. The molecule has 19 heavy (non-hydrogen) atoms. The second kappa shape index (κ2) is 7.25. The monoisotopic (exact) mass is 267 g/mol. The molecule has 2 rings (SSSR count). The van der Waals surface area contributed by atoms with Crippen LogP contribution in [0.25, 0.3) is 0 Å². The van der Waals surface area contributed by atoms with Crippen molar-refractivity contribution in [2.75, 3.05) is 13.1 Å². The molecule has 2 atom stereocenters. The lowest BCUT2D eigenvalue weighted by Gasteiger charge is -2.36. The van der Waals surface area contributed by atoms with Crippen molar-refractivity contribution in [3.05, 3.63) is 0 Å². The zero-order valence-electron chi connectivity index (χ0n) is 12.2. The van der Waals surface area contributed by atoms with Crippen molar-refractivity contribution in [3.8, 4) is 0 Å².